The maximum Gasteiger partial charge on any atom is 0.332 e. The number of aryl methyl sites for hydroxylation is 1. The van der Waals surface area contributed by atoms with Gasteiger partial charge in [0.1, 0.15) is 5.69 Å². The number of aromatic nitrogens is 2. The Balaban J connectivity index is 2.07. The van der Waals surface area contributed by atoms with Gasteiger partial charge in [-0.3, -0.25) is 10.1 Å². The minimum atomic E-state index is -0.455. The van der Waals surface area contributed by atoms with Gasteiger partial charge in [0, 0.05) is 20.2 Å². The molecule has 2 rings (SSSR count). The van der Waals surface area contributed by atoms with Crippen LogP contribution in [0.25, 0.3) is 0 Å². The molecule has 110 valence electrons. The molecule has 0 radical (unpaired) electrons. The second kappa shape index (κ2) is 6.47. The average molecular weight is 281 g/mol. The lowest BCUT2D eigenvalue weighted by molar-refractivity contribution is -0.385. The molecule has 0 saturated carbocycles. The molecule has 2 N–H and O–H groups in total. The van der Waals surface area contributed by atoms with Crippen molar-refractivity contribution < 1.29 is 9.66 Å². The van der Waals surface area contributed by atoms with Gasteiger partial charge < -0.3 is 15.4 Å². The van der Waals surface area contributed by atoms with E-state index in [2.05, 4.69) is 20.6 Å². The summed E-state index contributed by atoms with van der Waals surface area (Å²) in [5, 5.41) is 16.9. The number of rotatable bonds is 6. The van der Waals surface area contributed by atoms with Crippen molar-refractivity contribution in [1.82, 2.24) is 9.97 Å². The molecule has 1 atom stereocenters. The van der Waals surface area contributed by atoms with Gasteiger partial charge in [-0.05, 0) is 26.2 Å². The first kappa shape index (κ1) is 14.4. The molecular weight excluding hydrogens is 262 g/mol. The van der Waals surface area contributed by atoms with Crippen LogP contribution in [-0.4, -0.2) is 41.2 Å². The molecule has 1 saturated heterocycles. The SMILES string of the molecule is CNc1nc(C)c([N+](=O)[O-])c(NCCC2CCCO2)n1. The van der Waals surface area contributed by atoms with Crippen LogP contribution < -0.4 is 10.6 Å². The van der Waals surface area contributed by atoms with Crippen molar-refractivity contribution in [2.75, 3.05) is 30.8 Å². The Morgan fingerprint density at radius 2 is 2.30 bits per heavy atom. The first-order chi connectivity index (χ1) is 9.61. The van der Waals surface area contributed by atoms with Crippen molar-refractivity contribution in [1.29, 1.82) is 0 Å². The van der Waals surface area contributed by atoms with Crippen LogP contribution in [0.1, 0.15) is 25.0 Å². The monoisotopic (exact) mass is 281 g/mol. The highest BCUT2D eigenvalue weighted by molar-refractivity contribution is 5.60. The van der Waals surface area contributed by atoms with E-state index in [0.29, 0.717) is 18.2 Å². The Kier molecular flexibility index (Phi) is 4.67. The predicted octanol–water partition coefficient (Wildman–Crippen LogP) is 1.72. The van der Waals surface area contributed by atoms with Crippen LogP contribution in [-0.2, 0) is 4.74 Å². The molecule has 0 aromatic carbocycles. The molecule has 0 bridgehead atoms. The van der Waals surface area contributed by atoms with Crippen molar-refractivity contribution in [2.24, 2.45) is 0 Å². The van der Waals surface area contributed by atoms with E-state index in [0.717, 1.165) is 25.9 Å². The van der Waals surface area contributed by atoms with Crippen molar-refractivity contribution in [2.45, 2.75) is 32.3 Å². The van der Waals surface area contributed by atoms with Crippen molar-refractivity contribution >= 4 is 17.5 Å². The van der Waals surface area contributed by atoms with E-state index in [-0.39, 0.29) is 17.6 Å². The largest absolute Gasteiger partial charge is 0.378 e. The highest BCUT2D eigenvalue weighted by Crippen LogP contribution is 2.26. The third kappa shape index (κ3) is 3.32. The average Bonchev–Trinajstić information content (AvgIpc) is 2.90. The molecule has 8 heteroatoms. The molecule has 1 aromatic heterocycles. The van der Waals surface area contributed by atoms with Gasteiger partial charge in [-0.2, -0.15) is 4.98 Å². The van der Waals surface area contributed by atoms with E-state index >= 15 is 0 Å². The van der Waals surface area contributed by atoms with Gasteiger partial charge in [0.2, 0.25) is 11.8 Å². The predicted molar refractivity (Wildman–Crippen MR) is 75.1 cm³/mol. The minimum absolute atomic E-state index is 0.0728. The fourth-order valence-electron chi connectivity index (χ4n) is 2.24. The Hall–Kier alpha value is -1.96. The van der Waals surface area contributed by atoms with E-state index in [1.54, 1.807) is 14.0 Å². The molecule has 1 aromatic rings. The Morgan fingerprint density at radius 3 is 2.90 bits per heavy atom. The molecule has 0 spiro atoms. The maximum atomic E-state index is 11.1. The summed E-state index contributed by atoms with van der Waals surface area (Å²) in [6.07, 6.45) is 3.19. The Labute approximate surface area is 117 Å². The van der Waals surface area contributed by atoms with E-state index in [9.17, 15) is 10.1 Å². The Bertz CT molecular complexity index is 488. The van der Waals surface area contributed by atoms with Gasteiger partial charge in [0.25, 0.3) is 0 Å². The number of nitrogens with one attached hydrogen (secondary N) is 2. The molecule has 1 aliphatic rings. The van der Waals surface area contributed by atoms with Gasteiger partial charge in [-0.15, -0.1) is 0 Å². The van der Waals surface area contributed by atoms with Crippen molar-refractivity contribution in [3.05, 3.63) is 15.8 Å². The molecular formula is C12H19N5O3. The van der Waals surface area contributed by atoms with E-state index in [1.807, 2.05) is 0 Å². The fraction of sp³-hybridized carbons (Fsp3) is 0.667. The summed E-state index contributed by atoms with van der Waals surface area (Å²) in [4.78, 5) is 18.8. The van der Waals surface area contributed by atoms with E-state index in [4.69, 9.17) is 4.74 Å². The van der Waals surface area contributed by atoms with Gasteiger partial charge in [0.15, 0.2) is 0 Å². The molecule has 2 heterocycles. The van der Waals surface area contributed by atoms with Crippen molar-refractivity contribution in [3.63, 3.8) is 0 Å². The summed E-state index contributed by atoms with van der Waals surface area (Å²) in [5.74, 6) is 0.623. The van der Waals surface area contributed by atoms with Gasteiger partial charge in [-0.25, -0.2) is 4.98 Å². The van der Waals surface area contributed by atoms with Crippen LogP contribution in [0, 0.1) is 17.0 Å². The zero-order valence-electron chi connectivity index (χ0n) is 11.7. The van der Waals surface area contributed by atoms with E-state index in [1.165, 1.54) is 0 Å². The van der Waals surface area contributed by atoms with Crippen molar-refractivity contribution in [3.8, 4) is 0 Å². The minimum Gasteiger partial charge on any atom is -0.378 e. The summed E-state index contributed by atoms with van der Waals surface area (Å²) in [5.41, 5.74) is 0.269. The normalized spacial score (nSPS) is 18.0. The molecule has 0 amide bonds. The smallest absolute Gasteiger partial charge is 0.332 e. The van der Waals surface area contributed by atoms with Gasteiger partial charge in [0.05, 0.1) is 11.0 Å². The van der Waals surface area contributed by atoms with Crippen LogP contribution in [0.5, 0.6) is 0 Å². The zero-order valence-corrected chi connectivity index (χ0v) is 11.7. The van der Waals surface area contributed by atoms with Crippen LogP contribution >= 0.6 is 0 Å². The second-order valence-electron chi connectivity index (χ2n) is 4.69. The third-order valence-electron chi connectivity index (χ3n) is 3.25. The quantitative estimate of drug-likeness (QED) is 0.604. The van der Waals surface area contributed by atoms with Crippen LogP contribution in [0.3, 0.4) is 0 Å². The van der Waals surface area contributed by atoms with Crippen LogP contribution in [0.4, 0.5) is 17.5 Å². The van der Waals surface area contributed by atoms with Gasteiger partial charge >= 0.3 is 5.69 Å². The number of nitrogens with zero attached hydrogens (tertiary/aromatic N) is 3. The number of ether oxygens (including phenoxy) is 1. The lowest BCUT2D eigenvalue weighted by atomic mass is 10.2. The number of hydrogen-bond donors (Lipinski definition) is 2. The summed E-state index contributed by atoms with van der Waals surface area (Å²) in [6, 6.07) is 0. The summed E-state index contributed by atoms with van der Waals surface area (Å²) in [7, 11) is 1.68. The first-order valence-corrected chi connectivity index (χ1v) is 6.68. The lowest BCUT2D eigenvalue weighted by Crippen LogP contribution is -2.15. The summed E-state index contributed by atoms with van der Waals surface area (Å²) < 4.78 is 5.52. The first-order valence-electron chi connectivity index (χ1n) is 6.68. The number of nitro groups is 1. The molecule has 0 aliphatic carbocycles. The molecule has 1 unspecified atom stereocenters. The maximum absolute atomic E-state index is 11.1. The second-order valence-corrected chi connectivity index (χ2v) is 4.69. The third-order valence-corrected chi connectivity index (χ3v) is 3.25. The van der Waals surface area contributed by atoms with Crippen LogP contribution in [0.15, 0.2) is 0 Å². The fourth-order valence-corrected chi connectivity index (χ4v) is 2.24. The highest BCUT2D eigenvalue weighted by atomic mass is 16.6. The lowest BCUT2D eigenvalue weighted by Gasteiger charge is -2.12. The molecule has 20 heavy (non-hydrogen) atoms. The van der Waals surface area contributed by atoms with Gasteiger partial charge in [-0.1, -0.05) is 0 Å². The summed E-state index contributed by atoms with van der Waals surface area (Å²) >= 11 is 0. The number of hydrogen-bond acceptors (Lipinski definition) is 7. The zero-order chi connectivity index (χ0) is 14.5. The van der Waals surface area contributed by atoms with Crippen LogP contribution in [0.2, 0.25) is 0 Å². The molecule has 1 aliphatic heterocycles. The standard InChI is InChI=1S/C12H19N5O3/c1-8-10(17(18)19)11(16-12(13-2)15-8)14-6-5-9-4-3-7-20-9/h9H,3-7H2,1-2H3,(H2,13,14,15,16). The van der Waals surface area contributed by atoms with E-state index < -0.39 is 4.92 Å². The summed E-state index contributed by atoms with van der Waals surface area (Å²) in [6.45, 7) is 3.00. The molecule has 1 fully saturated rings. The molecule has 8 nitrogen and oxygen atoms in total. The number of anilines is 2. The topological polar surface area (TPSA) is 102 Å². The highest BCUT2D eigenvalue weighted by Gasteiger charge is 2.22. The Morgan fingerprint density at radius 1 is 1.50 bits per heavy atom.